The molecule has 0 bridgehead atoms. The number of rotatable bonds is 3. The van der Waals surface area contributed by atoms with Crippen molar-refractivity contribution in [2.45, 2.75) is 25.8 Å². The summed E-state index contributed by atoms with van der Waals surface area (Å²) in [4.78, 5) is 2.40. The minimum atomic E-state index is 0.302. The monoisotopic (exact) mass is 312 g/mol. The third kappa shape index (κ3) is 2.93. The van der Waals surface area contributed by atoms with Crippen LogP contribution in [-0.4, -0.2) is 42.6 Å². The average molecular weight is 312 g/mol. The van der Waals surface area contributed by atoms with Crippen LogP contribution in [0.1, 0.15) is 30.5 Å². The summed E-state index contributed by atoms with van der Waals surface area (Å²) in [5.41, 5.74) is 3.76. The first-order valence-electron chi connectivity index (χ1n) is 8.55. The van der Waals surface area contributed by atoms with E-state index in [-0.39, 0.29) is 0 Å². The number of hydrogen-bond donors (Lipinski definition) is 1. The van der Waals surface area contributed by atoms with Gasteiger partial charge < -0.3 is 15.0 Å². The molecule has 4 rings (SSSR count). The van der Waals surface area contributed by atoms with Gasteiger partial charge in [-0.3, -0.25) is 0 Å². The summed E-state index contributed by atoms with van der Waals surface area (Å²) in [5.74, 6) is 1.46. The van der Waals surface area contributed by atoms with Crippen molar-refractivity contribution in [3.63, 3.8) is 0 Å². The van der Waals surface area contributed by atoms with Gasteiger partial charge in [0.15, 0.2) is 0 Å². The Labute approximate surface area is 137 Å². The summed E-state index contributed by atoms with van der Waals surface area (Å²) < 4.78 is 7.55. The van der Waals surface area contributed by atoms with Crippen molar-refractivity contribution < 1.29 is 4.74 Å². The number of nitrogens with one attached hydrogen (secondary N) is 1. The zero-order valence-electron chi connectivity index (χ0n) is 13.7. The van der Waals surface area contributed by atoms with Gasteiger partial charge in [-0.15, -0.1) is 0 Å². The van der Waals surface area contributed by atoms with Crippen molar-refractivity contribution in [2.24, 2.45) is 0 Å². The fraction of sp³-hybridized carbons (Fsp3) is 0.500. The highest BCUT2D eigenvalue weighted by atomic mass is 16.5. The van der Waals surface area contributed by atoms with E-state index in [4.69, 9.17) is 9.84 Å². The van der Waals surface area contributed by atoms with Crippen LogP contribution in [0.5, 0.6) is 0 Å². The Morgan fingerprint density at radius 3 is 2.87 bits per heavy atom. The zero-order valence-corrected chi connectivity index (χ0v) is 13.7. The number of fused-ring (bicyclic) bond motifs is 1. The van der Waals surface area contributed by atoms with Crippen LogP contribution < -0.4 is 10.2 Å². The standard InChI is InChI=1S/C18H24N4O/c1-14(17-13-18-19-6-3-7-22(18)20-17)15-4-2-5-16(12-15)21-8-10-23-11-9-21/h2,4-5,12-14,19H,3,6-11H2,1H3. The Balaban J connectivity index is 1.58. The molecule has 3 heterocycles. The lowest BCUT2D eigenvalue weighted by Crippen LogP contribution is -2.36. The summed E-state index contributed by atoms with van der Waals surface area (Å²) in [5, 5.41) is 8.22. The molecule has 2 aliphatic heterocycles. The van der Waals surface area contributed by atoms with Gasteiger partial charge in [-0.1, -0.05) is 19.1 Å². The van der Waals surface area contributed by atoms with Gasteiger partial charge in [0.25, 0.3) is 0 Å². The van der Waals surface area contributed by atoms with Crippen LogP contribution in [0.2, 0.25) is 0 Å². The predicted octanol–water partition coefficient (Wildman–Crippen LogP) is 2.69. The molecular weight excluding hydrogens is 288 g/mol. The lowest BCUT2D eigenvalue weighted by atomic mass is 9.97. The van der Waals surface area contributed by atoms with Crippen LogP contribution in [0, 0.1) is 0 Å². The maximum atomic E-state index is 5.45. The minimum Gasteiger partial charge on any atom is -0.378 e. The maximum Gasteiger partial charge on any atom is 0.124 e. The van der Waals surface area contributed by atoms with Gasteiger partial charge in [-0.2, -0.15) is 5.10 Å². The predicted molar refractivity (Wildman–Crippen MR) is 92.3 cm³/mol. The largest absolute Gasteiger partial charge is 0.378 e. The van der Waals surface area contributed by atoms with Gasteiger partial charge in [-0.25, -0.2) is 4.68 Å². The van der Waals surface area contributed by atoms with Crippen molar-refractivity contribution in [1.29, 1.82) is 0 Å². The Kier molecular flexibility index (Phi) is 3.95. The summed E-state index contributed by atoms with van der Waals surface area (Å²) in [7, 11) is 0. The third-order valence-corrected chi connectivity index (χ3v) is 4.84. The molecule has 2 aliphatic rings. The molecule has 5 heteroatoms. The van der Waals surface area contributed by atoms with E-state index in [0.717, 1.165) is 57.3 Å². The smallest absolute Gasteiger partial charge is 0.124 e. The number of aromatic nitrogens is 2. The van der Waals surface area contributed by atoms with E-state index in [9.17, 15) is 0 Å². The number of aryl methyl sites for hydroxylation is 1. The van der Waals surface area contributed by atoms with E-state index in [1.54, 1.807) is 0 Å². The number of hydrogen-bond acceptors (Lipinski definition) is 4. The van der Waals surface area contributed by atoms with Crippen molar-refractivity contribution in [1.82, 2.24) is 9.78 Å². The highest BCUT2D eigenvalue weighted by molar-refractivity contribution is 5.51. The SMILES string of the molecule is CC(c1cccc(N2CCOCC2)c1)c1cc2n(n1)CCCN2. The van der Waals surface area contributed by atoms with Gasteiger partial charge in [0.05, 0.1) is 18.9 Å². The molecule has 1 N–H and O–H groups in total. The second kappa shape index (κ2) is 6.24. The van der Waals surface area contributed by atoms with Crippen LogP contribution >= 0.6 is 0 Å². The van der Waals surface area contributed by atoms with Crippen molar-refractivity contribution in [2.75, 3.05) is 43.1 Å². The van der Waals surface area contributed by atoms with Gasteiger partial charge in [0.1, 0.15) is 5.82 Å². The van der Waals surface area contributed by atoms with Crippen molar-refractivity contribution in [3.8, 4) is 0 Å². The van der Waals surface area contributed by atoms with Crippen LogP contribution in [0.15, 0.2) is 30.3 Å². The highest BCUT2D eigenvalue weighted by Crippen LogP contribution is 2.29. The molecule has 5 nitrogen and oxygen atoms in total. The van der Waals surface area contributed by atoms with Crippen molar-refractivity contribution in [3.05, 3.63) is 41.6 Å². The average Bonchev–Trinajstić information content (AvgIpc) is 3.06. The van der Waals surface area contributed by atoms with Crippen LogP contribution in [-0.2, 0) is 11.3 Å². The number of nitrogens with zero attached hydrogens (tertiary/aromatic N) is 3. The first-order valence-corrected chi connectivity index (χ1v) is 8.55. The lowest BCUT2D eigenvalue weighted by molar-refractivity contribution is 0.122. The summed E-state index contributed by atoms with van der Waals surface area (Å²) in [6.45, 7) is 7.89. The Morgan fingerprint density at radius 1 is 1.17 bits per heavy atom. The van der Waals surface area contributed by atoms with Crippen LogP contribution in [0.3, 0.4) is 0 Å². The molecule has 1 unspecified atom stereocenters. The summed E-state index contributed by atoms with van der Waals surface area (Å²) >= 11 is 0. The van der Waals surface area contributed by atoms with E-state index in [0.29, 0.717) is 5.92 Å². The molecule has 0 radical (unpaired) electrons. The first kappa shape index (κ1) is 14.6. The molecule has 0 aliphatic carbocycles. The first-order chi connectivity index (χ1) is 11.3. The molecule has 0 spiro atoms. The normalized spacial score (nSPS) is 19.1. The van der Waals surface area contributed by atoms with Gasteiger partial charge >= 0.3 is 0 Å². The molecule has 1 fully saturated rings. The van der Waals surface area contributed by atoms with Crippen molar-refractivity contribution >= 4 is 11.5 Å². The molecule has 122 valence electrons. The topological polar surface area (TPSA) is 42.3 Å². The molecule has 0 saturated carbocycles. The molecular formula is C18H24N4O. The quantitative estimate of drug-likeness (QED) is 0.946. The summed E-state index contributed by atoms with van der Waals surface area (Å²) in [6, 6.07) is 11.1. The number of benzene rings is 1. The van der Waals surface area contributed by atoms with Crippen LogP contribution in [0.25, 0.3) is 0 Å². The zero-order chi connectivity index (χ0) is 15.6. The maximum absolute atomic E-state index is 5.45. The van der Waals surface area contributed by atoms with E-state index >= 15 is 0 Å². The summed E-state index contributed by atoms with van der Waals surface area (Å²) in [6.07, 6.45) is 1.15. The molecule has 2 aromatic rings. The highest BCUT2D eigenvalue weighted by Gasteiger charge is 2.18. The minimum absolute atomic E-state index is 0.302. The fourth-order valence-electron chi connectivity index (χ4n) is 3.39. The van der Waals surface area contributed by atoms with E-state index in [1.165, 1.54) is 11.3 Å². The molecule has 1 aromatic heterocycles. The van der Waals surface area contributed by atoms with E-state index in [2.05, 4.69) is 52.2 Å². The van der Waals surface area contributed by atoms with E-state index in [1.807, 2.05) is 0 Å². The Morgan fingerprint density at radius 2 is 2.04 bits per heavy atom. The van der Waals surface area contributed by atoms with Gasteiger partial charge in [-0.05, 0) is 24.1 Å². The Hall–Kier alpha value is -2.01. The number of anilines is 2. The van der Waals surface area contributed by atoms with Gasteiger partial charge in [0.2, 0.25) is 0 Å². The molecule has 1 aromatic carbocycles. The number of morpholine rings is 1. The second-order valence-corrected chi connectivity index (χ2v) is 6.37. The fourth-order valence-corrected chi connectivity index (χ4v) is 3.39. The lowest BCUT2D eigenvalue weighted by Gasteiger charge is -2.29. The molecule has 0 amide bonds. The van der Waals surface area contributed by atoms with E-state index < -0.39 is 0 Å². The van der Waals surface area contributed by atoms with Gasteiger partial charge in [0, 0.05) is 43.9 Å². The molecule has 1 saturated heterocycles. The third-order valence-electron chi connectivity index (χ3n) is 4.84. The molecule has 1 atom stereocenters. The molecule has 23 heavy (non-hydrogen) atoms. The van der Waals surface area contributed by atoms with Crippen LogP contribution in [0.4, 0.5) is 11.5 Å². The Bertz CT molecular complexity index is 652. The number of ether oxygens (including phenoxy) is 1. The second-order valence-electron chi connectivity index (χ2n) is 6.37.